The van der Waals surface area contributed by atoms with Gasteiger partial charge in [-0.25, -0.2) is 4.79 Å². The zero-order valence-electron chi connectivity index (χ0n) is 17.6. The Bertz CT molecular complexity index is 1020. The van der Waals surface area contributed by atoms with Crippen LogP contribution in [0.1, 0.15) is 31.6 Å². The predicted octanol–water partition coefficient (Wildman–Crippen LogP) is 3.95. The first-order valence-corrected chi connectivity index (χ1v) is 10.3. The first kappa shape index (κ1) is 20.6. The number of aromatic nitrogens is 3. The highest BCUT2D eigenvalue weighted by molar-refractivity contribution is 5.89. The third-order valence-electron chi connectivity index (χ3n) is 5.18. The predicted molar refractivity (Wildman–Crippen MR) is 114 cm³/mol. The average Bonchev–Trinajstić information content (AvgIpc) is 3.31. The second kappa shape index (κ2) is 9.46. The van der Waals surface area contributed by atoms with Gasteiger partial charge < -0.3 is 24.2 Å². The SMILES string of the molecule is CCOc1cc(NC(=O)N2CCC(c3nc(-c4ccccn4)no3)CC2)ccc1OC. The molecule has 3 aromatic rings. The molecular formula is C22H25N5O4. The van der Waals surface area contributed by atoms with Crippen LogP contribution in [0.25, 0.3) is 11.5 Å². The van der Waals surface area contributed by atoms with E-state index in [2.05, 4.69) is 20.4 Å². The maximum Gasteiger partial charge on any atom is 0.321 e. The van der Waals surface area contributed by atoms with Gasteiger partial charge in [0.25, 0.3) is 0 Å². The standard InChI is InChI=1S/C22H25N5O4/c1-3-30-19-14-16(7-8-18(19)29-2)24-22(28)27-12-9-15(10-13-27)21-25-20(26-31-21)17-6-4-5-11-23-17/h4-8,11,14-15H,3,9-10,12-13H2,1-2H3,(H,24,28). The molecule has 0 saturated carbocycles. The summed E-state index contributed by atoms with van der Waals surface area (Å²) in [6, 6.07) is 10.8. The Kier molecular flexibility index (Phi) is 6.30. The summed E-state index contributed by atoms with van der Waals surface area (Å²) in [5, 5.41) is 6.98. The van der Waals surface area contributed by atoms with Crippen molar-refractivity contribution in [1.82, 2.24) is 20.0 Å². The van der Waals surface area contributed by atoms with Crippen molar-refractivity contribution in [1.29, 1.82) is 0 Å². The van der Waals surface area contributed by atoms with E-state index in [0.717, 1.165) is 12.8 Å². The molecule has 1 N–H and O–H groups in total. The van der Waals surface area contributed by atoms with Crippen molar-refractivity contribution >= 4 is 11.7 Å². The van der Waals surface area contributed by atoms with Crippen LogP contribution in [0.15, 0.2) is 47.1 Å². The summed E-state index contributed by atoms with van der Waals surface area (Å²) in [6.45, 7) is 3.62. The molecule has 1 aliphatic rings. The minimum Gasteiger partial charge on any atom is -0.493 e. The Morgan fingerprint density at radius 2 is 2.06 bits per heavy atom. The summed E-state index contributed by atoms with van der Waals surface area (Å²) in [5.74, 6) is 2.43. The summed E-state index contributed by atoms with van der Waals surface area (Å²) in [4.78, 5) is 23.2. The molecule has 0 bridgehead atoms. The number of nitrogens with one attached hydrogen (secondary N) is 1. The maximum atomic E-state index is 12.7. The minimum atomic E-state index is -0.147. The Balaban J connectivity index is 1.34. The number of hydrogen-bond acceptors (Lipinski definition) is 7. The number of methoxy groups -OCH3 is 1. The highest BCUT2D eigenvalue weighted by atomic mass is 16.5. The second-order valence-corrected chi connectivity index (χ2v) is 7.16. The highest BCUT2D eigenvalue weighted by Gasteiger charge is 2.28. The maximum absolute atomic E-state index is 12.7. The van der Waals surface area contributed by atoms with Crippen LogP contribution < -0.4 is 14.8 Å². The lowest BCUT2D eigenvalue weighted by atomic mass is 9.97. The normalized spacial score (nSPS) is 14.3. The average molecular weight is 423 g/mol. The van der Waals surface area contributed by atoms with Crippen molar-refractivity contribution in [3.63, 3.8) is 0 Å². The van der Waals surface area contributed by atoms with Crippen LogP contribution in [0.2, 0.25) is 0 Å². The molecule has 3 heterocycles. The molecule has 0 unspecified atom stereocenters. The third-order valence-corrected chi connectivity index (χ3v) is 5.18. The fourth-order valence-corrected chi connectivity index (χ4v) is 3.55. The zero-order valence-corrected chi connectivity index (χ0v) is 17.6. The number of anilines is 1. The summed E-state index contributed by atoms with van der Waals surface area (Å²) >= 11 is 0. The number of pyridine rings is 1. The number of benzene rings is 1. The van der Waals surface area contributed by atoms with Gasteiger partial charge >= 0.3 is 6.03 Å². The van der Waals surface area contributed by atoms with Crippen LogP contribution >= 0.6 is 0 Å². The Morgan fingerprint density at radius 1 is 1.23 bits per heavy atom. The van der Waals surface area contributed by atoms with Gasteiger partial charge in [-0.05, 0) is 44.0 Å². The quantitative estimate of drug-likeness (QED) is 0.640. The van der Waals surface area contributed by atoms with Crippen molar-refractivity contribution in [2.45, 2.75) is 25.7 Å². The topological polar surface area (TPSA) is 103 Å². The number of carbonyl (C=O) groups excluding carboxylic acids is 1. The van der Waals surface area contributed by atoms with Gasteiger partial charge in [0.15, 0.2) is 11.5 Å². The lowest BCUT2D eigenvalue weighted by Gasteiger charge is -2.30. The van der Waals surface area contributed by atoms with E-state index in [4.69, 9.17) is 14.0 Å². The molecule has 162 valence electrons. The summed E-state index contributed by atoms with van der Waals surface area (Å²) in [5.41, 5.74) is 1.34. The van der Waals surface area contributed by atoms with Gasteiger partial charge in [0.05, 0.1) is 13.7 Å². The fourth-order valence-electron chi connectivity index (χ4n) is 3.55. The smallest absolute Gasteiger partial charge is 0.321 e. The van der Waals surface area contributed by atoms with Gasteiger partial charge in [-0.2, -0.15) is 4.98 Å². The summed E-state index contributed by atoms with van der Waals surface area (Å²) < 4.78 is 16.3. The number of piperidine rings is 1. The second-order valence-electron chi connectivity index (χ2n) is 7.16. The van der Waals surface area contributed by atoms with Crippen LogP contribution in [0.5, 0.6) is 11.5 Å². The molecule has 4 rings (SSSR count). The Labute approximate surface area is 180 Å². The van der Waals surface area contributed by atoms with E-state index >= 15 is 0 Å². The number of ether oxygens (including phenoxy) is 2. The molecular weight excluding hydrogens is 398 g/mol. The molecule has 1 fully saturated rings. The van der Waals surface area contributed by atoms with Crippen LogP contribution in [0.3, 0.4) is 0 Å². The molecule has 1 aliphatic heterocycles. The van der Waals surface area contributed by atoms with Crippen molar-refractivity contribution in [2.75, 3.05) is 32.1 Å². The molecule has 0 aliphatic carbocycles. The molecule has 9 heteroatoms. The van der Waals surface area contributed by atoms with Crippen LogP contribution in [0, 0.1) is 0 Å². The fraction of sp³-hybridized carbons (Fsp3) is 0.364. The van der Waals surface area contributed by atoms with Crippen molar-refractivity contribution in [2.24, 2.45) is 0 Å². The van der Waals surface area contributed by atoms with E-state index in [1.54, 1.807) is 36.4 Å². The van der Waals surface area contributed by atoms with Crippen molar-refractivity contribution < 1.29 is 18.8 Å². The number of likely N-dealkylation sites (tertiary alicyclic amines) is 1. The largest absolute Gasteiger partial charge is 0.493 e. The van der Waals surface area contributed by atoms with Gasteiger partial charge in [-0.15, -0.1) is 0 Å². The molecule has 31 heavy (non-hydrogen) atoms. The molecule has 9 nitrogen and oxygen atoms in total. The van der Waals surface area contributed by atoms with E-state index in [0.29, 0.717) is 54.3 Å². The molecule has 0 atom stereocenters. The van der Waals surface area contributed by atoms with E-state index in [-0.39, 0.29) is 11.9 Å². The summed E-state index contributed by atoms with van der Waals surface area (Å²) in [7, 11) is 1.59. The number of urea groups is 1. The number of carbonyl (C=O) groups is 1. The third kappa shape index (κ3) is 4.76. The summed E-state index contributed by atoms with van der Waals surface area (Å²) in [6.07, 6.45) is 3.21. The van der Waals surface area contributed by atoms with Gasteiger partial charge in [-0.3, -0.25) is 4.98 Å². The van der Waals surface area contributed by atoms with E-state index in [1.165, 1.54) is 0 Å². The van der Waals surface area contributed by atoms with E-state index < -0.39 is 0 Å². The Morgan fingerprint density at radius 3 is 2.77 bits per heavy atom. The monoisotopic (exact) mass is 423 g/mol. The van der Waals surface area contributed by atoms with Gasteiger partial charge in [0, 0.05) is 37.0 Å². The first-order valence-electron chi connectivity index (χ1n) is 10.3. The van der Waals surface area contributed by atoms with Gasteiger partial charge in [-0.1, -0.05) is 11.2 Å². The van der Waals surface area contributed by atoms with E-state index in [1.807, 2.05) is 25.1 Å². The molecule has 2 aromatic heterocycles. The molecule has 0 radical (unpaired) electrons. The zero-order chi connectivity index (χ0) is 21.6. The number of nitrogens with zero attached hydrogens (tertiary/aromatic N) is 4. The van der Waals surface area contributed by atoms with Crippen molar-refractivity contribution in [3.05, 3.63) is 48.5 Å². The number of hydrogen-bond donors (Lipinski definition) is 1. The van der Waals surface area contributed by atoms with Crippen molar-refractivity contribution in [3.8, 4) is 23.0 Å². The Hall–Kier alpha value is -3.62. The molecule has 2 amide bonds. The van der Waals surface area contributed by atoms with Crippen LogP contribution in [-0.4, -0.2) is 52.9 Å². The van der Waals surface area contributed by atoms with Crippen LogP contribution in [-0.2, 0) is 0 Å². The van der Waals surface area contributed by atoms with E-state index in [9.17, 15) is 4.79 Å². The number of amides is 2. The van der Waals surface area contributed by atoms with Gasteiger partial charge in [0.1, 0.15) is 5.69 Å². The molecule has 1 aromatic carbocycles. The number of rotatable bonds is 6. The first-order chi connectivity index (χ1) is 15.2. The molecule has 1 saturated heterocycles. The lowest BCUT2D eigenvalue weighted by Crippen LogP contribution is -2.40. The highest BCUT2D eigenvalue weighted by Crippen LogP contribution is 2.31. The minimum absolute atomic E-state index is 0.125. The van der Waals surface area contributed by atoms with Gasteiger partial charge in [0.2, 0.25) is 11.7 Å². The lowest BCUT2D eigenvalue weighted by molar-refractivity contribution is 0.187. The molecule has 0 spiro atoms. The van der Waals surface area contributed by atoms with Crippen LogP contribution in [0.4, 0.5) is 10.5 Å².